The van der Waals surface area contributed by atoms with Crippen molar-refractivity contribution in [3.8, 4) is 11.5 Å². The number of alkyl halides is 12. The van der Waals surface area contributed by atoms with Crippen molar-refractivity contribution in [1.82, 2.24) is 0 Å². The first-order valence-electron chi connectivity index (χ1n) is 14.2. The summed E-state index contributed by atoms with van der Waals surface area (Å²) in [6.45, 7) is 0. The standard InChI is InChI=1S/C30H18F12O9S4/c31-27(32,33)52(43,44)21-5-1-17(2-6-21)13-19-15-23(54(47,48)29(37,38)39)9-11-25(19)51-26-12-10-24(55(49,50)30(40,41)42)16-20(26)14-18-3-7-22(8-4-18)53(45,46)28(34,35)36/h1-12,15-16H,13-14H2. The van der Waals surface area contributed by atoms with Crippen molar-refractivity contribution in [2.45, 2.75) is 54.5 Å². The molecule has 0 heterocycles. The Bertz CT molecular complexity index is 2360. The second-order valence-corrected chi connectivity index (χ2v) is 18.8. The number of benzene rings is 4. The van der Waals surface area contributed by atoms with Gasteiger partial charge in [-0.1, -0.05) is 24.3 Å². The van der Waals surface area contributed by atoms with Gasteiger partial charge >= 0.3 is 22.0 Å². The third-order valence-electron chi connectivity index (χ3n) is 7.38. The van der Waals surface area contributed by atoms with Gasteiger partial charge in [0.15, 0.2) is 0 Å². The van der Waals surface area contributed by atoms with Gasteiger partial charge in [0, 0.05) is 24.0 Å². The number of rotatable bonds is 10. The Balaban J connectivity index is 1.86. The highest BCUT2D eigenvalue weighted by Crippen LogP contribution is 2.39. The molecule has 0 radical (unpaired) electrons. The number of hydrogen-bond donors (Lipinski definition) is 0. The van der Waals surface area contributed by atoms with Crippen molar-refractivity contribution in [3.05, 3.63) is 107 Å². The van der Waals surface area contributed by atoms with E-state index in [0.717, 1.165) is 24.3 Å². The van der Waals surface area contributed by atoms with E-state index in [1.807, 2.05) is 0 Å². The van der Waals surface area contributed by atoms with Gasteiger partial charge in [-0.3, -0.25) is 0 Å². The molecule has 0 aliphatic heterocycles. The summed E-state index contributed by atoms with van der Waals surface area (Å²) < 4.78 is 260. The Hall–Kier alpha value is -4.36. The minimum absolute atomic E-state index is 0.145. The molecule has 0 saturated carbocycles. The zero-order valence-corrected chi connectivity index (χ0v) is 29.6. The summed E-state index contributed by atoms with van der Waals surface area (Å²) in [4.78, 5) is -5.26. The summed E-state index contributed by atoms with van der Waals surface area (Å²) in [5.41, 5.74) is -24.4. The summed E-state index contributed by atoms with van der Waals surface area (Å²) in [5, 5.41) is 0. The van der Waals surface area contributed by atoms with Gasteiger partial charge in [0.05, 0.1) is 19.6 Å². The molecule has 0 bridgehead atoms. The lowest BCUT2D eigenvalue weighted by Crippen LogP contribution is -2.23. The highest BCUT2D eigenvalue weighted by molar-refractivity contribution is 7.93. The van der Waals surface area contributed by atoms with E-state index >= 15 is 0 Å². The molecule has 300 valence electrons. The second-order valence-electron chi connectivity index (χ2n) is 11.1. The zero-order chi connectivity index (χ0) is 41.8. The molecule has 9 nitrogen and oxygen atoms in total. The highest BCUT2D eigenvalue weighted by Gasteiger charge is 2.49. The number of sulfone groups is 4. The van der Waals surface area contributed by atoms with Gasteiger partial charge in [0.2, 0.25) is 0 Å². The maximum Gasteiger partial charge on any atom is 0.501 e. The molecule has 0 fully saturated rings. The summed E-state index contributed by atoms with van der Waals surface area (Å²) >= 11 is 0. The van der Waals surface area contributed by atoms with Crippen molar-refractivity contribution in [2.24, 2.45) is 0 Å². The number of halogens is 12. The lowest BCUT2D eigenvalue weighted by atomic mass is 10.0. The van der Waals surface area contributed by atoms with Crippen molar-refractivity contribution < 1.29 is 91.1 Å². The van der Waals surface area contributed by atoms with Crippen LogP contribution < -0.4 is 4.74 Å². The first-order valence-corrected chi connectivity index (χ1v) is 20.1. The smallest absolute Gasteiger partial charge is 0.457 e. The van der Waals surface area contributed by atoms with Crippen LogP contribution >= 0.6 is 0 Å². The van der Waals surface area contributed by atoms with Crippen LogP contribution in [0.4, 0.5) is 52.7 Å². The molecule has 4 rings (SSSR count). The van der Waals surface area contributed by atoms with Crippen LogP contribution in [0.1, 0.15) is 22.3 Å². The SMILES string of the molecule is O=S(=O)(c1ccc(Cc2cc(S(=O)(=O)C(F)(F)F)ccc2Oc2ccc(S(=O)(=O)C(F)(F)F)cc2Cc2ccc(S(=O)(=O)C(F)(F)F)cc2)cc1)C(F)(F)F. The lowest BCUT2D eigenvalue weighted by molar-refractivity contribution is -0.0442. The van der Waals surface area contributed by atoms with Crippen molar-refractivity contribution >= 4 is 39.3 Å². The van der Waals surface area contributed by atoms with E-state index < -0.39 is 116 Å². The summed E-state index contributed by atoms with van der Waals surface area (Å²) in [5.74, 6) is -1.15. The van der Waals surface area contributed by atoms with Crippen molar-refractivity contribution in [2.75, 3.05) is 0 Å². The molecule has 0 saturated heterocycles. The minimum atomic E-state index is -6.08. The van der Waals surface area contributed by atoms with Crippen LogP contribution in [-0.2, 0) is 52.2 Å². The fourth-order valence-electron chi connectivity index (χ4n) is 4.59. The van der Waals surface area contributed by atoms with Crippen LogP contribution in [0.3, 0.4) is 0 Å². The van der Waals surface area contributed by atoms with E-state index in [0.29, 0.717) is 60.7 Å². The van der Waals surface area contributed by atoms with Gasteiger partial charge in [-0.15, -0.1) is 0 Å². The normalized spacial score (nSPS) is 13.8. The quantitative estimate of drug-likeness (QED) is 0.146. The maximum atomic E-state index is 13.4. The average Bonchev–Trinajstić information content (AvgIpc) is 3.04. The Morgan fingerprint density at radius 3 is 0.855 bits per heavy atom. The molecule has 0 N–H and O–H groups in total. The van der Waals surface area contributed by atoms with E-state index in [9.17, 15) is 86.4 Å². The topological polar surface area (TPSA) is 146 Å². The Labute approximate surface area is 302 Å². The average molecular weight is 879 g/mol. The summed E-state index contributed by atoms with van der Waals surface area (Å²) in [7, 11) is -23.9. The Morgan fingerprint density at radius 1 is 0.364 bits per heavy atom. The van der Waals surface area contributed by atoms with Crippen LogP contribution in [0.25, 0.3) is 0 Å². The van der Waals surface area contributed by atoms with Crippen LogP contribution in [0, 0.1) is 0 Å². The lowest BCUT2D eigenvalue weighted by Gasteiger charge is -2.18. The fraction of sp³-hybridized carbons (Fsp3) is 0.200. The van der Waals surface area contributed by atoms with Gasteiger partial charge < -0.3 is 4.74 Å². The van der Waals surface area contributed by atoms with Gasteiger partial charge in [-0.25, -0.2) is 33.7 Å². The predicted molar refractivity (Wildman–Crippen MR) is 164 cm³/mol. The fourth-order valence-corrected chi connectivity index (χ4v) is 7.73. The van der Waals surface area contributed by atoms with Gasteiger partial charge in [0.1, 0.15) is 11.5 Å². The first-order chi connectivity index (χ1) is 24.8. The predicted octanol–water partition coefficient (Wildman–Crippen LogP) is 7.83. The van der Waals surface area contributed by atoms with E-state index in [2.05, 4.69) is 0 Å². The zero-order valence-electron chi connectivity index (χ0n) is 26.3. The van der Waals surface area contributed by atoms with Crippen LogP contribution in [-0.4, -0.2) is 55.7 Å². The van der Waals surface area contributed by atoms with Crippen molar-refractivity contribution in [1.29, 1.82) is 0 Å². The van der Waals surface area contributed by atoms with E-state index in [4.69, 9.17) is 4.74 Å². The number of ether oxygens (including phenoxy) is 1. The molecule has 0 aliphatic rings. The Kier molecular flexibility index (Phi) is 11.3. The van der Waals surface area contributed by atoms with Crippen molar-refractivity contribution in [3.63, 3.8) is 0 Å². The Morgan fingerprint density at radius 2 is 0.600 bits per heavy atom. The molecular weight excluding hydrogens is 861 g/mol. The van der Waals surface area contributed by atoms with Crippen LogP contribution in [0.2, 0.25) is 0 Å². The summed E-state index contributed by atoms with van der Waals surface area (Å²) in [6, 6.07) is 7.99. The van der Waals surface area contributed by atoms with Gasteiger partial charge in [-0.05, 0) is 71.8 Å². The van der Waals surface area contributed by atoms with Crippen LogP contribution in [0.15, 0.2) is 105 Å². The molecule has 0 amide bonds. The highest BCUT2D eigenvalue weighted by atomic mass is 32.2. The molecule has 0 aliphatic carbocycles. The summed E-state index contributed by atoms with van der Waals surface area (Å²) in [6.07, 6.45) is -1.40. The van der Waals surface area contributed by atoms with E-state index in [1.165, 1.54) is 0 Å². The maximum absolute atomic E-state index is 13.4. The van der Waals surface area contributed by atoms with Crippen LogP contribution in [0.5, 0.6) is 11.5 Å². The monoisotopic (exact) mass is 878 g/mol. The molecule has 0 unspecified atom stereocenters. The van der Waals surface area contributed by atoms with E-state index in [-0.39, 0.29) is 11.1 Å². The first kappa shape index (κ1) is 43.4. The molecule has 4 aromatic rings. The number of hydrogen-bond acceptors (Lipinski definition) is 9. The molecular formula is C30H18F12O9S4. The molecule has 0 atom stereocenters. The van der Waals surface area contributed by atoms with E-state index in [1.54, 1.807) is 0 Å². The third-order valence-corrected chi connectivity index (χ3v) is 13.4. The molecule has 0 spiro atoms. The second kappa shape index (κ2) is 14.3. The minimum Gasteiger partial charge on any atom is -0.457 e. The molecule has 4 aromatic carbocycles. The molecule has 55 heavy (non-hydrogen) atoms. The van der Waals surface area contributed by atoms with Gasteiger partial charge in [0.25, 0.3) is 39.3 Å². The molecule has 0 aromatic heterocycles. The third kappa shape index (κ3) is 8.72. The molecule has 25 heteroatoms. The van der Waals surface area contributed by atoms with Gasteiger partial charge in [-0.2, -0.15) is 52.7 Å². The largest absolute Gasteiger partial charge is 0.501 e.